The lowest BCUT2D eigenvalue weighted by atomic mass is 10.1. The lowest BCUT2D eigenvalue weighted by Gasteiger charge is -2.03. The maximum absolute atomic E-state index is 12.5. The molecule has 2 rings (SSSR count). The number of hydrogen-bond donors (Lipinski definition) is 1. The molecule has 0 unspecified atom stereocenters. The van der Waals surface area contributed by atoms with Crippen molar-refractivity contribution >= 4 is 5.82 Å². The lowest BCUT2D eigenvalue weighted by molar-refractivity contribution is 0.151. The maximum Gasteiger partial charge on any atom is 0.263 e. The third-order valence-corrected chi connectivity index (χ3v) is 2.39. The zero-order valence-electron chi connectivity index (χ0n) is 8.69. The number of hydrogen-bond acceptors (Lipinski definition) is 2. The number of benzene rings is 1. The second-order valence-electron chi connectivity index (χ2n) is 3.52. The van der Waals surface area contributed by atoms with Gasteiger partial charge in [-0.1, -0.05) is 18.2 Å². The SMILES string of the molecule is Cn1cnc(-c2cccc(C(F)F)c2)c1N. The van der Waals surface area contributed by atoms with Crippen molar-refractivity contribution in [3.8, 4) is 11.3 Å². The first-order valence-corrected chi connectivity index (χ1v) is 4.75. The molecule has 1 aromatic carbocycles. The summed E-state index contributed by atoms with van der Waals surface area (Å²) in [5.41, 5.74) is 6.89. The fourth-order valence-corrected chi connectivity index (χ4v) is 1.48. The highest BCUT2D eigenvalue weighted by Gasteiger charge is 2.11. The van der Waals surface area contributed by atoms with Crippen molar-refractivity contribution in [3.05, 3.63) is 36.2 Å². The van der Waals surface area contributed by atoms with Gasteiger partial charge in [0.25, 0.3) is 6.43 Å². The number of aromatic nitrogens is 2. The van der Waals surface area contributed by atoms with Crippen molar-refractivity contribution in [2.24, 2.45) is 7.05 Å². The standard InChI is InChI=1S/C11H11F2N3/c1-16-6-15-9(11(16)14)7-3-2-4-8(5-7)10(12)13/h2-6,10H,14H2,1H3. The zero-order chi connectivity index (χ0) is 11.7. The van der Waals surface area contributed by atoms with Gasteiger partial charge >= 0.3 is 0 Å². The van der Waals surface area contributed by atoms with Gasteiger partial charge in [-0.05, 0) is 6.07 Å². The van der Waals surface area contributed by atoms with Gasteiger partial charge in [0.2, 0.25) is 0 Å². The number of alkyl halides is 2. The Kier molecular flexibility index (Phi) is 2.60. The van der Waals surface area contributed by atoms with Crippen molar-refractivity contribution in [3.63, 3.8) is 0 Å². The van der Waals surface area contributed by atoms with Gasteiger partial charge in [0.05, 0.1) is 6.33 Å². The second kappa shape index (κ2) is 3.92. The number of nitrogen functional groups attached to an aromatic ring is 1. The van der Waals surface area contributed by atoms with Crippen LogP contribution in [0.3, 0.4) is 0 Å². The van der Waals surface area contributed by atoms with Crippen molar-refractivity contribution in [1.82, 2.24) is 9.55 Å². The van der Waals surface area contributed by atoms with Crippen LogP contribution in [0.1, 0.15) is 12.0 Å². The van der Waals surface area contributed by atoms with Gasteiger partial charge in [0.15, 0.2) is 0 Å². The summed E-state index contributed by atoms with van der Waals surface area (Å²) in [6.07, 6.45) is -0.926. The van der Waals surface area contributed by atoms with E-state index in [4.69, 9.17) is 5.73 Å². The summed E-state index contributed by atoms with van der Waals surface area (Å²) in [6.45, 7) is 0. The molecule has 0 atom stereocenters. The Morgan fingerprint density at radius 3 is 2.69 bits per heavy atom. The average Bonchev–Trinajstić information content (AvgIpc) is 2.60. The molecular weight excluding hydrogens is 212 g/mol. The maximum atomic E-state index is 12.5. The van der Waals surface area contributed by atoms with E-state index in [1.807, 2.05) is 0 Å². The number of imidazole rings is 1. The van der Waals surface area contributed by atoms with Crippen LogP contribution in [0.5, 0.6) is 0 Å². The van der Waals surface area contributed by atoms with E-state index in [0.29, 0.717) is 17.1 Å². The van der Waals surface area contributed by atoms with Crippen LogP contribution in [-0.4, -0.2) is 9.55 Å². The predicted molar refractivity (Wildman–Crippen MR) is 58.0 cm³/mol. The van der Waals surface area contributed by atoms with Crippen LogP contribution in [0.2, 0.25) is 0 Å². The van der Waals surface area contributed by atoms with E-state index in [-0.39, 0.29) is 5.56 Å². The zero-order valence-corrected chi connectivity index (χ0v) is 8.69. The Bertz CT molecular complexity index is 506. The lowest BCUT2D eigenvalue weighted by Crippen LogP contribution is -1.96. The van der Waals surface area contributed by atoms with E-state index in [1.54, 1.807) is 30.1 Å². The minimum atomic E-state index is -2.48. The Labute approximate surface area is 91.5 Å². The van der Waals surface area contributed by atoms with Crippen LogP contribution >= 0.6 is 0 Å². The van der Waals surface area contributed by atoms with E-state index < -0.39 is 6.43 Å². The third-order valence-electron chi connectivity index (χ3n) is 2.39. The monoisotopic (exact) mass is 223 g/mol. The molecule has 0 saturated heterocycles. The number of nitrogens with zero attached hydrogens (tertiary/aromatic N) is 2. The highest BCUT2D eigenvalue weighted by Crippen LogP contribution is 2.27. The largest absolute Gasteiger partial charge is 0.383 e. The van der Waals surface area contributed by atoms with Crippen molar-refractivity contribution < 1.29 is 8.78 Å². The molecule has 16 heavy (non-hydrogen) atoms. The molecule has 84 valence electrons. The van der Waals surface area contributed by atoms with Crippen LogP contribution in [0, 0.1) is 0 Å². The number of aryl methyl sites for hydroxylation is 1. The van der Waals surface area contributed by atoms with E-state index in [2.05, 4.69) is 4.98 Å². The molecule has 1 heterocycles. The molecular formula is C11H11F2N3. The van der Waals surface area contributed by atoms with Gasteiger partial charge in [-0.2, -0.15) is 0 Å². The minimum Gasteiger partial charge on any atom is -0.383 e. The van der Waals surface area contributed by atoms with E-state index >= 15 is 0 Å². The molecule has 0 saturated carbocycles. The molecule has 0 amide bonds. The molecule has 0 spiro atoms. The summed E-state index contributed by atoms with van der Waals surface area (Å²) in [7, 11) is 1.75. The Morgan fingerprint density at radius 1 is 1.38 bits per heavy atom. The molecule has 0 aliphatic rings. The molecule has 2 aromatic rings. The number of nitrogens with two attached hydrogens (primary N) is 1. The van der Waals surface area contributed by atoms with Crippen LogP contribution in [0.25, 0.3) is 11.3 Å². The van der Waals surface area contributed by atoms with Crippen LogP contribution in [0.4, 0.5) is 14.6 Å². The minimum absolute atomic E-state index is 0.0254. The molecule has 2 N–H and O–H groups in total. The molecule has 0 aliphatic carbocycles. The smallest absolute Gasteiger partial charge is 0.263 e. The normalized spacial score (nSPS) is 11.0. The van der Waals surface area contributed by atoms with Crippen molar-refractivity contribution in [2.45, 2.75) is 6.43 Å². The fourth-order valence-electron chi connectivity index (χ4n) is 1.48. The summed E-state index contributed by atoms with van der Waals surface area (Å²) in [5.74, 6) is 0.464. The molecule has 0 aliphatic heterocycles. The van der Waals surface area contributed by atoms with Crippen LogP contribution in [-0.2, 0) is 7.05 Å². The summed E-state index contributed by atoms with van der Waals surface area (Å²) in [6, 6.07) is 6.08. The molecule has 3 nitrogen and oxygen atoms in total. The van der Waals surface area contributed by atoms with Gasteiger partial charge in [0.1, 0.15) is 11.5 Å². The highest BCUT2D eigenvalue weighted by atomic mass is 19.3. The summed E-state index contributed by atoms with van der Waals surface area (Å²) in [5, 5.41) is 0. The molecule has 0 fully saturated rings. The van der Waals surface area contributed by atoms with Crippen molar-refractivity contribution in [2.75, 3.05) is 5.73 Å². The van der Waals surface area contributed by atoms with Gasteiger partial charge in [-0.25, -0.2) is 13.8 Å². The van der Waals surface area contributed by atoms with E-state index in [1.165, 1.54) is 12.1 Å². The molecule has 0 radical (unpaired) electrons. The predicted octanol–water partition coefficient (Wildman–Crippen LogP) is 2.61. The Balaban J connectivity index is 2.48. The topological polar surface area (TPSA) is 43.8 Å². The quantitative estimate of drug-likeness (QED) is 0.850. The molecule has 0 bridgehead atoms. The first-order chi connectivity index (χ1) is 7.59. The number of rotatable bonds is 2. The summed E-state index contributed by atoms with van der Waals surface area (Å²) < 4.78 is 26.7. The van der Waals surface area contributed by atoms with Gasteiger partial charge in [-0.3, -0.25) is 0 Å². The first-order valence-electron chi connectivity index (χ1n) is 4.75. The van der Waals surface area contributed by atoms with E-state index in [9.17, 15) is 8.78 Å². The van der Waals surface area contributed by atoms with Gasteiger partial charge in [0, 0.05) is 18.2 Å². The van der Waals surface area contributed by atoms with Gasteiger partial charge < -0.3 is 10.3 Å². The Hall–Kier alpha value is -1.91. The van der Waals surface area contributed by atoms with E-state index in [0.717, 1.165) is 0 Å². The highest BCUT2D eigenvalue weighted by molar-refractivity contribution is 5.70. The van der Waals surface area contributed by atoms with Crippen LogP contribution in [0.15, 0.2) is 30.6 Å². The number of anilines is 1. The van der Waals surface area contributed by atoms with Gasteiger partial charge in [-0.15, -0.1) is 0 Å². The fraction of sp³-hybridized carbons (Fsp3) is 0.182. The second-order valence-corrected chi connectivity index (χ2v) is 3.52. The molecule has 1 aromatic heterocycles. The number of halogens is 2. The Morgan fingerprint density at radius 2 is 2.12 bits per heavy atom. The molecule has 5 heteroatoms. The average molecular weight is 223 g/mol. The summed E-state index contributed by atoms with van der Waals surface area (Å²) in [4.78, 5) is 4.08. The third kappa shape index (κ3) is 1.76. The van der Waals surface area contributed by atoms with Crippen LogP contribution < -0.4 is 5.73 Å². The van der Waals surface area contributed by atoms with Crippen molar-refractivity contribution in [1.29, 1.82) is 0 Å². The summed E-state index contributed by atoms with van der Waals surface area (Å²) >= 11 is 0. The first kappa shape index (κ1) is 10.6.